The van der Waals surface area contributed by atoms with Crippen LogP contribution in [0, 0.1) is 6.92 Å². The van der Waals surface area contributed by atoms with Crippen LogP contribution in [0.4, 0.5) is 5.69 Å². The number of para-hydroxylation sites is 1. The Bertz CT molecular complexity index is 1040. The zero-order valence-electron chi connectivity index (χ0n) is 16.0. The molecule has 1 fully saturated rings. The number of hydrogen-bond acceptors (Lipinski definition) is 5. The standard InChI is InChI=1S/C20H21N3O4S2/c1-3-23-19(25)17(13-18(24)21-15-7-5-4-6-8-15)28-20(23)22-29(26,27)16-11-9-14(2)10-12-16/h4-12,17H,3,13H2,1-2H3,(H,21,24)/t17-/m1/s1. The van der Waals surface area contributed by atoms with Crippen LogP contribution < -0.4 is 5.32 Å². The molecule has 7 nitrogen and oxygen atoms in total. The topological polar surface area (TPSA) is 95.9 Å². The van der Waals surface area contributed by atoms with Gasteiger partial charge in [0.2, 0.25) is 11.8 Å². The van der Waals surface area contributed by atoms with E-state index in [1.165, 1.54) is 17.0 Å². The van der Waals surface area contributed by atoms with E-state index in [-0.39, 0.29) is 34.8 Å². The molecule has 1 atom stereocenters. The van der Waals surface area contributed by atoms with Crippen molar-refractivity contribution in [2.45, 2.75) is 30.4 Å². The van der Waals surface area contributed by atoms with Crippen LogP contribution in [0.3, 0.4) is 0 Å². The molecule has 2 aromatic rings. The van der Waals surface area contributed by atoms with Gasteiger partial charge in [-0.3, -0.25) is 14.5 Å². The van der Waals surface area contributed by atoms with Gasteiger partial charge in [0, 0.05) is 18.7 Å². The van der Waals surface area contributed by atoms with Crippen molar-refractivity contribution in [3.8, 4) is 0 Å². The molecular weight excluding hydrogens is 410 g/mol. The van der Waals surface area contributed by atoms with Gasteiger partial charge in [0.15, 0.2) is 5.17 Å². The number of amides is 2. The van der Waals surface area contributed by atoms with E-state index in [0.717, 1.165) is 17.3 Å². The van der Waals surface area contributed by atoms with Crippen LogP contribution in [0.5, 0.6) is 0 Å². The molecule has 3 rings (SSSR count). The maximum Gasteiger partial charge on any atom is 0.284 e. The van der Waals surface area contributed by atoms with Crippen LogP contribution in [-0.4, -0.2) is 42.1 Å². The van der Waals surface area contributed by atoms with E-state index in [1.54, 1.807) is 43.3 Å². The molecular formula is C20H21N3O4S2. The first kappa shape index (κ1) is 21.1. The molecule has 0 saturated carbocycles. The Morgan fingerprint density at radius 3 is 2.41 bits per heavy atom. The predicted octanol–water partition coefficient (Wildman–Crippen LogP) is 3.03. The first-order chi connectivity index (χ1) is 13.8. The van der Waals surface area contributed by atoms with Gasteiger partial charge in [-0.05, 0) is 38.1 Å². The summed E-state index contributed by atoms with van der Waals surface area (Å²) in [6.45, 7) is 3.86. The number of carbonyl (C=O) groups excluding carboxylic acids is 2. The van der Waals surface area contributed by atoms with Crippen LogP contribution in [0.1, 0.15) is 18.9 Å². The summed E-state index contributed by atoms with van der Waals surface area (Å²) in [5.74, 6) is -0.640. The van der Waals surface area contributed by atoms with Gasteiger partial charge < -0.3 is 5.32 Å². The first-order valence-corrected chi connectivity index (χ1v) is 11.4. The van der Waals surface area contributed by atoms with Gasteiger partial charge in [0.1, 0.15) is 5.25 Å². The molecule has 0 aliphatic carbocycles. The molecule has 0 unspecified atom stereocenters. The van der Waals surface area contributed by atoms with Gasteiger partial charge in [0.25, 0.3) is 10.0 Å². The third kappa shape index (κ3) is 5.04. The van der Waals surface area contributed by atoms with Crippen molar-refractivity contribution in [1.82, 2.24) is 4.90 Å². The lowest BCUT2D eigenvalue weighted by Crippen LogP contribution is -2.33. The number of nitrogens with one attached hydrogen (secondary N) is 1. The second-order valence-corrected chi connectivity index (χ2v) is 9.24. The molecule has 0 bridgehead atoms. The molecule has 152 valence electrons. The molecule has 2 aromatic carbocycles. The summed E-state index contributed by atoms with van der Waals surface area (Å²) in [7, 11) is -3.95. The van der Waals surface area contributed by atoms with Crippen molar-refractivity contribution in [2.75, 3.05) is 11.9 Å². The molecule has 1 aliphatic heterocycles. The van der Waals surface area contributed by atoms with Crippen molar-refractivity contribution < 1.29 is 18.0 Å². The lowest BCUT2D eigenvalue weighted by Gasteiger charge is -2.13. The Kier molecular flexibility index (Phi) is 6.39. The molecule has 0 spiro atoms. The molecule has 1 heterocycles. The molecule has 1 N–H and O–H groups in total. The SMILES string of the molecule is CCN1C(=O)[C@@H](CC(=O)Nc2ccccc2)SC1=NS(=O)(=O)c1ccc(C)cc1. The monoisotopic (exact) mass is 431 g/mol. The van der Waals surface area contributed by atoms with E-state index in [2.05, 4.69) is 9.71 Å². The van der Waals surface area contributed by atoms with Gasteiger partial charge in [-0.2, -0.15) is 8.42 Å². The third-order valence-corrected chi connectivity index (χ3v) is 6.85. The molecule has 9 heteroatoms. The highest BCUT2D eigenvalue weighted by molar-refractivity contribution is 8.16. The number of sulfonamides is 1. The summed E-state index contributed by atoms with van der Waals surface area (Å²) in [5, 5.41) is 2.11. The fourth-order valence-electron chi connectivity index (χ4n) is 2.77. The van der Waals surface area contributed by atoms with Crippen molar-refractivity contribution in [3.63, 3.8) is 0 Å². The van der Waals surface area contributed by atoms with Crippen LogP contribution in [-0.2, 0) is 19.6 Å². The Balaban J connectivity index is 1.77. The van der Waals surface area contributed by atoms with Crippen LogP contribution >= 0.6 is 11.8 Å². The number of carbonyl (C=O) groups is 2. The Hall–Kier alpha value is -2.65. The third-order valence-electron chi connectivity index (χ3n) is 4.28. The Morgan fingerprint density at radius 1 is 1.14 bits per heavy atom. The second kappa shape index (κ2) is 8.79. The zero-order valence-corrected chi connectivity index (χ0v) is 17.7. The maximum absolute atomic E-state index is 12.7. The van der Waals surface area contributed by atoms with Crippen molar-refractivity contribution in [2.24, 2.45) is 4.40 Å². The van der Waals surface area contributed by atoms with Crippen molar-refractivity contribution >= 4 is 44.5 Å². The molecule has 29 heavy (non-hydrogen) atoms. The minimum absolute atomic E-state index is 0.0602. The lowest BCUT2D eigenvalue weighted by atomic mass is 10.2. The van der Waals surface area contributed by atoms with E-state index >= 15 is 0 Å². The van der Waals surface area contributed by atoms with Gasteiger partial charge in [-0.1, -0.05) is 47.7 Å². The van der Waals surface area contributed by atoms with E-state index in [4.69, 9.17) is 0 Å². The smallest absolute Gasteiger partial charge is 0.284 e. The van der Waals surface area contributed by atoms with Gasteiger partial charge >= 0.3 is 0 Å². The molecule has 1 aliphatic rings. The van der Waals surface area contributed by atoms with Crippen molar-refractivity contribution in [3.05, 3.63) is 60.2 Å². The van der Waals surface area contributed by atoms with E-state index < -0.39 is 15.3 Å². The number of rotatable bonds is 6. The fourth-order valence-corrected chi connectivity index (χ4v) is 5.19. The number of hydrogen-bond donors (Lipinski definition) is 1. The molecule has 0 aromatic heterocycles. The van der Waals surface area contributed by atoms with Gasteiger partial charge in [-0.25, -0.2) is 0 Å². The summed E-state index contributed by atoms with van der Waals surface area (Å²) >= 11 is 1.00. The highest BCUT2D eigenvalue weighted by Crippen LogP contribution is 2.31. The number of aryl methyl sites for hydroxylation is 1. The summed E-state index contributed by atoms with van der Waals surface area (Å²) < 4.78 is 29.1. The van der Waals surface area contributed by atoms with Crippen LogP contribution in [0.2, 0.25) is 0 Å². The minimum atomic E-state index is -3.95. The van der Waals surface area contributed by atoms with Gasteiger partial charge in [-0.15, -0.1) is 4.40 Å². The molecule has 2 amide bonds. The summed E-state index contributed by atoms with van der Waals surface area (Å²) in [6, 6.07) is 15.3. The van der Waals surface area contributed by atoms with E-state index in [9.17, 15) is 18.0 Å². The second-order valence-electron chi connectivity index (χ2n) is 6.47. The number of anilines is 1. The first-order valence-electron chi connectivity index (χ1n) is 9.04. The largest absolute Gasteiger partial charge is 0.326 e. The number of amidine groups is 1. The zero-order chi connectivity index (χ0) is 21.0. The number of benzene rings is 2. The van der Waals surface area contributed by atoms with Gasteiger partial charge in [0.05, 0.1) is 4.90 Å². The average Bonchev–Trinajstić information content (AvgIpc) is 2.96. The van der Waals surface area contributed by atoms with E-state index in [1.807, 2.05) is 13.0 Å². The van der Waals surface area contributed by atoms with Crippen molar-refractivity contribution in [1.29, 1.82) is 0 Å². The summed E-state index contributed by atoms with van der Waals surface area (Å²) in [6.07, 6.45) is -0.0709. The average molecular weight is 432 g/mol. The predicted molar refractivity (Wildman–Crippen MR) is 114 cm³/mol. The minimum Gasteiger partial charge on any atom is -0.326 e. The van der Waals surface area contributed by atoms with Crippen LogP contribution in [0.25, 0.3) is 0 Å². The fraction of sp³-hybridized carbons (Fsp3) is 0.250. The highest BCUT2D eigenvalue weighted by Gasteiger charge is 2.39. The highest BCUT2D eigenvalue weighted by atomic mass is 32.2. The van der Waals surface area contributed by atoms with Crippen LogP contribution in [0.15, 0.2) is 63.9 Å². The summed E-state index contributed by atoms with van der Waals surface area (Å²) in [4.78, 5) is 26.3. The number of nitrogens with zero attached hydrogens (tertiary/aromatic N) is 2. The maximum atomic E-state index is 12.7. The molecule has 0 radical (unpaired) electrons. The Labute approximate surface area is 174 Å². The van der Waals surface area contributed by atoms with E-state index in [0.29, 0.717) is 5.69 Å². The quantitative estimate of drug-likeness (QED) is 0.758. The lowest BCUT2D eigenvalue weighted by molar-refractivity contribution is -0.128. The number of thioether (sulfide) groups is 1. The molecule has 1 saturated heterocycles. The normalized spacial score (nSPS) is 18.3. The Morgan fingerprint density at radius 2 is 1.79 bits per heavy atom. The summed E-state index contributed by atoms with van der Waals surface area (Å²) in [5.41, 5.74) is 1.57.